The zero-order valence-electron chi connectivity index (χ0n) is 14.0. The molecule has 0 saturated carbocycles. The van der Waals surface area contributed by atoms with Gasteiger partial charge in [-0.2, -0.15) is 0 Å². The van der Waals surface area contributed by atoms with E-state index in [2.05, 4.69) is 55.0 Å². The first-order valence-corrected chi connectivity index (χ1v) is 8.42. The standard InChI is InChI=1S/C18H31N3/c1-14(2)11-17-13-21(18(12-20-17)15(3)4)10-7-16-5-8-19-9-6-16/h5-6,8-9,14-15,17-18,20H,7,10-13H2,1-4H3. The van der Waals surface area contributed by atoms with Crippen LogP contribution in [0.4, 0.5) is 0 Å². The largest absolute Gasteiger partial charge is 0.311 e. The summed E-state index contributed by atoms with van der Waals surface area (Å²) in [6, 6.07) is 5.59. The minimum absolute atomic E-state index is 0.650. The van der Waals surface area contributed by atoms with Gasteiger partial charge < -0.3 is 5.32 Å². The molecule has 3 nitrogen and oxygen atoms in total. The molecule has 0 amide bonds. The molecule has 118 valence electrons. The van der Waals surface area contributed by atoms with Crippen LogP contribution in [-0.4, -0.2) is 41.6 Å². The number of hydrogen-bond acceptors (Lipinski definition) is 3. The summed E-state index contributed by atoms with van der Waals surface area (Å²) in [4.78, 5) is 6.81. The molecule has 0 aromatic carbocycles. The predicted octanol–water partition coefficient (Wildman–Crippen LogP) is 2.97. The molecule has 1 aliphatic rings. The summed E-state index contributed by atoms with van der Waals surface area (Å²) in [7, 11) is 0. The summed E-state index contributed by atoms with van der Waals surface area (Å²) in [5.74, 6) is 1.47. The molecule has 21 heavy (non-hydrogen) atoms. The molecule has 0 spiro atoms. The molecule has 3 heteroatoms. The van der Waals surface area contributed by atoms with Gasteiger partial charge in [0.2, 0.25) is 0 Å². The zero-order valence-corrected chi connectivity index (χ0v) is 14.0. The van der Waals surface area contributed by atoms with E-state index in [1.165, 1.54) is 18.5 Å². The van der Waals surface area contributed by atoms with E-state index < -0.39 is 0 Å². The maximum absolute atomic E-state index is 4.10. The monoisotopic (exact) mass is 289 g/mol. The maximum atomic E-state index is 4.10. The minimum atomic E-state index is 0.650. The molecule has 0 bridgehead atoms. The Hall–Kier alpha value is -0.930. The molecule has 2 rings (SSSR count). The third-order valence-electron chi connectivity index (χ3n) is 4.50. The molecule has 1 aliphatic heterocycles. The first kappa shape index (κ1) is 16.4. The summed E-state index contributed by atoms with van der Waals surface area (Å²) in [5.41, 5.74) is 1.39. The fourth-order valence-corrected chi connectivity index (χ4v) is 3.36. The number of nitrogens with zero attached hydrogens (tertiary/aromatic N) is 2. The molecular weight excluding hydrogens is 258 g/mol. The quantitative estimate of drug-likeness (QED) is 0.872. The Kier molecular flexibility index (Phi) is 6.19. The Labute approximate surface area is 130 Å². The Morgan fingerprint density at radius 2 is 1.95 bits per heavy atom. The lowest BCUT2D eigenvalue weighted by Crippen LogP contribution is -2.58. The van der Waals surface area contributed by atoms with Gasteiger partial charge in [-0.25, -0.2) is 0 Å². The summed E-state index contributed by atoms with van der Waals surface area (Å²) in [5, 5.41) is 3.76. The molecule has 1 fully saturated rings. The second-order valence-corrected chi connectivity index (χ2v) is 7.15. The van der Waals surface area contributed by atoms with E-state index in [-0.39, 0.29) is 0 Å². The van der Waals surface area contributed by atoms with E-state index in [1.54, 1.807) is 0 Å². The predicted molar refractivity (Wildman–Crippen MR) is 89.4 cm³/mol. The first-order chi connectivity index (χ1) is 10.1. The van der Waals surface area contributed by atoms with Crippen LogP contribution >= 0.6 is 0 Å². The van der Waals surface area contributed by atoms with Gasteiger partial charge in [-0.3, -0.25) is 9.88 Å². The lowest BCUT2D eigenvalue weighted by atomic mass is 9.94. The van der Waals surface area contributed by atoms with Gasteiger partial charge in [0.15, 0.2) is 0 Å². The van der Waals surface area contributed by atoms with E-state index >= 15 is 0 Å². The van der Waals surface area contributed by atoms with E-state index in [0.717, 1.165) is 25.4 Å². The van der Waals surface area contributed by atoms with Crippen molar-refractivity contribution in [1.29, 1.82) is 0 Å². The molecule has 1 N–H and O–H groups in total. The van der Waals surface area contributed by atoms with Crippen LogP contribution in [-0.2, 0) is 6.42 Å². The van der Waals surface area contributed by atoms with Crippen LogP contribution in [0, 0.1) is 11.8 Å². The van der Waals surface area contributed by atoms with Gasteiger partial charge in [-0.1, -0.05) is 27.7 Å². The molecule has 0 radical (unpaired) electrons. The Morgan fingerprint density at radius 3 is 2.57 bits per heavy atom. The molecule has 1 aromatic heterocycles. The number of nitrogens with one attached hydrogen (secondary N) is 1. The van der Waals surface area contributed by atoms with Crippen LogP contribution < -0.4 is 5.32 Å². The van der Waals surface area contributed by atoms with Crippen molar-refractivity contribution in [2.45, 2.75) is 52.6 Å². The second kappa shape index (κ2) is 7.90. The molecule has 2 heterocycles. The Balaban J connectivity index is 1.93. The van der Waals surface area contributed by atoms with Crippen LogP contribution in [0.15, 0.2) is 24.5 Å². The van der Waals surface area contributed by atoms with E-state index in [9.17, 15) is 0 Å². The van der Waals surface area contributed by atoms with Crippen molar-refractivity contribution in [2.75, 3.05) is 19.6 Å². The van der Waals surface area contributed by atoms with E-state index in [4.69, 9.17) is 0 Å². The van der Waals surface area contributed by atoms with Crippen molar-refractivity contribution in [3.63, 3.8) is 0 Å². The SMILES string of the molecule is CC(C)CC1CN(CCc2ccncc2)C(C(C)C)CN1. The van der Waals surface area contributed by atoms with Crippen molar-refractivity contribution < 1.29 is 0 Å². The first-order valence-electron chi connectivity index (χ1n) is 8.42. The highest BCUT2D eigenvalue weighted by Gasteiger charge is 2.29. The summed E-state index contributed by atoms with van der Waals surface area (Å²) >= 11 is 0. The number of piperazine rings is 1. The third-order valence-corrected chi connectivity index (χ3v) is 4.50. The van der Waals surface area contributed by atoms with Gasteiger partial charge in [0.25, 0.3) is 0 Å². The highest BCUT2D eigenvalue weighted by Crippen LogP contribution is 2.18. The van der Waals surface area contributed by atoms with Crippen molar-refractivity contribution in [1.82, 2.24) is 15.2 Å². The van der Waals surface area contributed by atoms with Crippen LogP contribution in [0.2, 0.25) is 0 Å². The average molecular weight is 289 g/mol. The van der Waals surface area contributed by atoms with Crippen LogP contribution in [0.25, 0.3) is 0 Å². The normalized spacial score (nSPS) is 23.9. The summed E-state index contributed by atoms with van der Waals surface area (Å²) in [6.45, 7) is 12.8. The van der Waals surface area contributed by atoms with Gasteiger partial charge in [-0.05, 0) is 42.4 Å². The summed E-state index contributed by atoms with van der Waals surface area (Å²) < 4.78 is 0. The number of pyridine rings is 1. The molecular formula is C18H31N3. The van der Waals surface area contributed by atoms with Gasteiger partial charge in [-0.15, -0.1) is 0 Å². The van der Waals surface area contributed by atoms with Crippen LogP contribution in [0.3, 0.4) is 0 Å². The van der Waals surface area contributed by atoms with Crippen molar-refractivity contribution in [2.24, 2.45) is 11.8 Å². The van der Waals surface area contributed by atoms with Gasteiger partial charge >= 0.3 is 0 Å². The van der Waals surface area contributed by atoms with E-state index in [0.29, 0.717) is 18.0 Å². The third kappa shape index (κ3) is 5.08. The van der Waals surface area contributed by atoms with Gasteiger partial charge in [0.05, 0.1) is 0 Å². The van der Waals surface area contributed by atoms with Gasteiger partial charge in [0.1, 0.15) is 0 Å². The zero-order chi connectivity index (χ0) is 15.2. The minimum Gasteiger partial charge on any atom is -0.311 e. The fourth-order valence-electron chi connectivity index (χ4n) is 3.36. The molecule has 0 aliphatic carbocycles. The topological polar surface area (TPSA) is 28.2 Å². The number of aromatic nitrogens is 1. The Morgan fingerprint density at radius 1 is 1.24 bits per heavy atom. The number of hydrogen-bond donors (Lipinski definition) is 1. The van der Waals surface area contributed by atoms with Crippen molar-refractivity contribution >= 4 is 0 Å². The highest BCUT2D eigenvalue weighted by molar-refractivity contribution is 5.10. The highest BCUT2D eigenvalue weighted by atomic mass is 15.2. The maximum Gasteiger partial charge on any atom is 0.0270 e. The summed E-state index contributed by atoms with van der Waals surface area (Å²) in [6.07, 6.45) is 6.19. The molecule has 2 unspecified atom stereocenters. The number of rotatable bonds is 6. The van der Waals surface area contributed by atoms with E-state index in [1.807, 2.05) is 12.4 Å². The fraction of sp³-hybridized carbons (Fsp3) is 0.722. The Bertz CT molecular complexity index is 402. The lowest BCUT2D eigenvalue weighted by molar-refractivity contribution is 0.0934. The molecule has 1 saturated heterocycles. The average Bonchev–Trinajstić information content (AvgIpc) is 2.45. The van der Waals surface area contributed by atoms with Crippen LogP contribution in [0.1, 0.15) is 39.7 Å². The van der Waals surface area contributed by atoms with Crippen LogP contribution in [0.5, 0.6) is 0 Å². The second-order valence-electron chi connectivity index (χ2n) is 7.15. The molecule has 1 aromatic rings. The lowest BCUT2D eigenvalue weighted by Gasteiger charge is -2.43. The van der Waals surface area contributed by atoms with Crippen molar-refractivity contribution in [3.05, 3.63) is 30.1 Å². The molecule has 2 atom stereocenters. The van der Waals surface area contributed by atoms with Crippen molar-refractivity contribution in [3.8, 4) is 0 Å². The van der Waals surface area contributed by atoms with Gasteiger partial charge in [0, 0.05) is 44.1 Å². The smallest absolute Gasteiger partial charge is 0.0270 e.